The summed E-state index contributed by atoms with van der Waals surface area (Å²) in [7, 11) is 0. The molecule has 3 aromatic rings. The van der Waals surface area contributed by atoms with E-state index in [1.807, 2.05) is 30.3 Å². The summed E-state index contributed by atoms with van der Waals surface area (Å²) in [6.45, 7) is 1.77. The van der Waals surface area contributed by atoms with E-state index >= 15 is 0 Å². The van der Waals surface area contributed by atoms with Crippen LogP contribution in [0.25, 0.3) is 0 Å². The smallest absolute Gasteiger partial charge is 0.305 e. The molecule has 1 N–H and O–H groups in total. The Morgan fingerprint density at radius 1 is 0.871 bits per heavy atom. The number of rotatable bonds is 4. The van der Waals surface area contributed by atoms with Crippen molar-refractivity contribution in [2.24, 2.45) is 0 Å². The summed E-state index contributed by atoms with van der Waals surface area (Å²) in [5.74, 6) is -0.540. The fourth-order valence-corrected chi connectivity index (χ4v) is 5.54. The van der Waals surface area contributed by atoms with Gasteiger partial charge in [0, 0.05) is 41.4 Å². The van der Waals surface area contributed by atoms with Gasteiger partial charge in [0.05, 0.1) is 0 Å². The molecule has 7 heteroatoms. The number of hydrogen-bond donors (Lipinski definition) is 1. The minimum absolute atomic E-state index is 0.339. The van der Waals surface area contributed by atoms with Crippen LogP contribution in [0.3, 0.4) is 0 Å². The molecule has 0 saturated carbocycles. The lowest BCUT2D eigenvalue weighted by Crippen LogP contribution is -2.37. The quantitative estimate of drug-likeness (QED) is 0.487. The summed E-state index contributed by atoms with van der Waals surface area (Å²) in [5.41, 5.74) is 1.34. The van der Waals surface area contributed by atoms with Gasteiger partial charge in [-0.1, -0.05) is 34.5 Å². The Kier molecular flexibility index (Phi) is 5.56. The zero-order valence-corrected chi connectivity index (χ0v) is 18.3. The van der Waals surface area contributed by atoms with Crippen molar-refractivity contribution in [1.82, 2.24) is 4.31 Å². The van der Waals surface area contributed by atoms with Crippen LogP contribution in [0.15, 0.2) is 71.6 Å². The van der Waals surface area contributed by atoms with Crippen molar-refractivity contribution in [1.29, 1.82) is 0 Å². The monoisotopic (exact) mass is 458 g/mol. The Labute approximate surface area is 188 Å². The summed E-state index contributed by atoms with van der Waals surface area (Å²) in [5, 5.41) is 0.546. The zero-order valence-electron chi connectivity index (χ0n) is 16.8. The van der Waals surface area contributed by atoms with Crippen molar-refractivity contribution in [2.75, 3.05) is 13.1 Å². The highest BCUT2D eigenvalue weighted by molar-refractivity contribution is 7.89. The van der Waals surface area contributed by atoms with E-state index in [1.165, 1.54) is 18.6 Å². The van der Waals surface area contributed by atoms with E-state index in [1.54, 1.807) is 24.3 Å². The van der Waals surface area contributed by atoms with E-state index in [0.717, 1.165) is 30.8 Å². The first-order valence-corrected chi connectivity index (χ1v) is 11.8. The van der Waals surface area contributed by atoms with Gasteiger partial charge in [0.1, 0.15) is 5.82 Å². The highest BCUT2D eigenvalue weighted by atomic mass is 35.5. The normalized spacial score (nSPS) is 21.8. The first-order chi connectivity index (χ1) is 15.0. The third-order valence-electron chi connectivity index (χ3n) is 5.62. The minimum Gasteiger partial charge on any atom is -0.440 e. The van der Waals surface area contributed by atoms with Crippen molar-refractivity contribution in [3.8, 4) is 11.5 Å². The van der Waals surface area contributed by atoms with E-state index in [4.69, 9.17) is 21.1 Å². The molecule has 3 aromatic carbocycles. The molecule has 0 aliphatic carbocycles. The molecule has 31 heavy (non-hydrogen) atoms. The van der Waals surface area contributed by atoms with Crippen LogP contribution in [0.1, 0.15) is 30.4 Å². The lowest BCUT2D eigenvalue weighted by Gasteiger charge is -2.28. The van der Waals surface area contributed by atoms with E-state index in [-0.39, 0.29) is 5.82 Å². The molecule has 0 amide bonds. The second kappa shape index (κ2) is 8.36. The Balaban J connectivity index is 1.53. The van der Waals surface area contributed by atoms with Crippen LogP contribution >= 0.6 is 11.6 Å². The van der Waals surface area contributed by atoms with E-state index in [9.17, 15) is 8.94 Å². The molecule has 0 spiro atoms. The number of fused-ring (bicyclic) bond motifs is 1. The van der Waals surface area contributed by atoms with Gasteiger partial charge in [-0.05, 0) is 55.3 Å². The summed E-state index contributed by atoms with van der Waals surface area (Å²) < 4.78 is 39.4. The SMILES string of the molecule is O[S+](c1ccc2c(c1)OC(c1ccc(F)cc1)(c1cccc(Cl)c1)O2)N1CCCCC1. The van der Waals surface area contributed by atoms with Crippen LogP contribution < -0.4 is 9.47 Å². The highest BCUT2D eigenvalue weighted by Crippen LogP contribution is 2.48. The standard InChI is InChI=1S/C24H22ClFNO3S/c25-19-6-4-5-18(15-19)24(17-7-9-20(26)10-8-17)29-22-12-11-21(16-23(22)30-24)31(28)27-13-2-1-3-14-27/h4-12,15-16,28H,1-3,13-14H2/q+1. The molecule has 2 aliphatic rings. The number of halogens is 2. The number of nitrogens with zero attached hydrogens (tertiary/aromatic N) is 1. The van der Waals surface area contributed by atoms with Gasteiger partial charge in [0.25, 0.3) is 11.4 Å². The summed E-state index contributed by atoms with van der Waals surface area (Å²) in [4.78, 5) is 0.783. The maximum Gasteiger partial charge on any atom is 0.305 e. The lowest BCUT2D eigenvalue weighted by molar-refractivity contribution is -0.0459. The van der Waals surface area contributed by atoms with Gasteiger partial charge in [-0.3, -0.25) is 0 Å². The Morgan fingerprint density at radius 3 is 2.35 bits per heavy atom. The maximum atomic E-state index is 13.6. The maximum absolute atomic E-state index is 13.6. The first kappa shape index (κ1) is 20.6. The Morgan fingerprint density at radius 2 is 1.61 bits per heavy atom. The predicted octanol–water partition coefficient (Wildman–Crippen LogP) is 6.00. The van der Waals surface area contributed by atoms with Crippen LogP contribution in [-0.2, 0) is 17.1 Å². The molecule has 2 atom stereocenters. The summed E-state index contributed by atoms with van der Waals surface area (Å²) in [6.07, 6.45) is 3.39. The molecular weight excluding hydrogens is 437 g/mol. The number of hydrogen-bond acceptors (Lipinski definition) is 4. The number of benzene rings is 3. The molecule has 4 nitrogen and oxygen atoms in total. The molecule has 5 rings (SSSR count). The third kappa shape index (κ3) is 3.89. The molecule has 2 heterocycles. The van der Waals surface area contributed by atoms with Gasteiger partial charge < -0.3 is 9.47 Å². The molecule has 1 saturated heterocycles. The topological polar surface area (TPSA) is 41.9 Å². The summed E-state index contributed by atoms with van der Waals surface area (Å²) in [6, 6.07) is 18.8. The average Bonchev–Trinajstić information content (AvgIpc) is 3.19. The van der Waals surface area contributed by atoms with Crippen molar-refractivity contribution < 1.29 is 18.4 Å². The molecule has 0 bridgehead atoms. The van der Waals surface area contributed by atoms with E-state index in [2.05, 4.69) is 4.31 Å². The third-order valence-corrected chi connectivity index (χ3v) is 7.39. The Hall–Kier alpha value is -2.25. The van der Waals surface area contributed by atoms with Gasteiger partial charge in [0.2, 0.25) is 4.90 Å². The fourth-order valence-electron chi connectivity index (χ4n) is 4.05. The largest absolute Gasteiger partial charge is 0.440 e. The van der Waals surface area contributed by atoms with Crippen molar-refractivity contribution >= 4 is 23.0 Å². The van der Waals surface area contributed by atoms with Gasteiger partial charge >= 0.3 is 5.79 Å². The van der Waals surface area contributed by atoms with Crippen molar-refractivity contribution in [3.63, 3.8) is 0 Å². The Bertz CT molecular complexity index is 1090. The van der Waals surface area contributed by atoms with Crippen molar-refractivity contribution in [3.05, 3.63) is 88.7 Å². The van der Waals surface area contributed by atoms with E-state index < -0.39 is 17.1 Å². The molecule has 1 fully saturated rings. The van der Waals surface area contributed by atoms with Crippen LogP contribution in [0, 0.1) is 5.82 Å². The molecule has 0 aromatic heterocycles. The van der Waals surface area contributed by atoms with Crippen molar-refractivity contribution in [2.45, 2.75) is 29.9 Å². The van der Waals surface area contributed by atoms with Crippen LogP contribution in [0.5, 0.6) is 11.5 Å². The summed E-state index contributed by atoms with van der Waals surface area (Å²) >= 11 is 5.25. The number of ether oxygens (including phenoxy) is 2. The van der Waals surface area contributed by atoms with Gasteiger partial charge in [-0.2, -0.15) is 4.55 Å². The van der Waals surface area contributed by atoms with Gasteiger partial charge in [-0.25, -0.2) is 4.39 Å². The fraction of sp³-hybridized carbons (Fsp3) is 0.250. The molecule has 0 radical (unpaired) electrons. The highest BCUT2D eigenvalue weighted by Gasteiger charge is 2.46. The second-order valence-electron chi connectivity index (χ2n) is 7.70. The van der Waals surface area contributed by atoms with Crippen LogP contribution in [0.2, 0.25) is 5.02 Å². The molecular formula is C24H22ClFNO3S+. The van der Waals surface area contributed by atoms with E-state index in [0.29, 0.717) is 27.6 Å². The minimum atomic E-state index is -1.29. The van der Waals surface area contributed by atoms with Gasteiger partial charge in [0.15, 0.2) is 11.5 Å². The second-order valence-corrected chi connectivity index (χ2v) is 9.65. The zero-order chi connectivity index (χ0) is 21.4. The molecule has 2 unspecified atom stereocenters. The first-order valence-electron chi connectivity index (χ1n) is 10.3. The molecule has 160 valence electrons. The lowest BCUT2D eigenvalue weighted by atomic mass is 9.97. The van der Waals surface area contributed by atoms with Crippen LogP contribution in [0.4, 0.5) is 4.39 Å². The molecule has 2 aliphatic heterocycles. The van der Waals surface area contributed by atoms with Crippen LogP contribution in [-0.4, -0.2) is 21.9 Å². The predicted molar refractivity (Wildman–Crippen MR) is 120 cm³/mol. The average molecular weight is 459 g/mol. The number of piperidine rings is 1. The van der Waals surface area contributed by atoms with Gasteiger partial charge in [-0.15, -0.1) is 0 Å².